The van der Waals surface area contributed by atoms with Gasteiger partial charge in [-0.05, 0) is 48.4 Å². The number of hydrogen-bond donors (Lipinski definition) is 2. The van der Waals surface area contributed by atoms with Gasteiger partial charge in [0.2, 0.25) is 0 Å². The molecule has 0 amide bonds. The van der Waals surface area contributed by atoms with Gasteiger partial charge in [0, 0.05) is 32.1 Å². The fourth-order valence-electron chi connectivity index (χ4n) is 2.47. The van der Waals surface area contributed by atoms with E-state index in [1.807, 2.05) is 38.7 Å². The Hall–Kier alpha value is -2.02. The number of halogens is 1. The third kappa shape index (κ3) is 6.42. The highest BCUT2D eigenvalue weighted by Crippen LogP contribution is 2.17. The standard InChI is InChI=1S/C18H26FN5S/c1-4-20-18(21-8-7-14-10-23-24(2)12-14)22-11-15-5-6-17(19)9-16(15)13-25-3/h5-6,9-10,12H,4,7-8,11,13H2,1-3H3,(H2,20,21,22). The van der Waals surface area contributed by atoms with Crippen LogP contribution in [0, 0.1) is 5.82 Å². The van der Waals surface area contributed by atoms with Crippen LogP contribution in [0.5, 0.6) is 0 Å². The van der Waals surface area contributed by atoms with Crippen LogP contribution in [0.3, 0.4) is 0 Å². The fourth-order valence-corrected chi connectivity index (χ4v) is 3.05. The van der Waals surface area contributed by atoms with Crippen LogP contribution in [0.2, 0.25) is 0 Å². The minimum Gasteiger partial charge on any atom is -0.357 e. The van der Waals surface area contributed by atoms with Gasteiger partial charge in [-0.25, -0.2) is 9.38 Å². The summed E-state index contributed by atoms with van der Waals surface area (Å²) >= 11 is 1.68. The van der Waals surface area contributed by atoms with E-state index in [0.29, 0.717) is 6.54 Å². The summed E-state index contributed by atoms with van der Waals surface area (Å²) in [6, 6.07) is 4.92. The Morgan fingerprint density at radius 1 is 1.32 bits per heavy atom. The van der Waals surface area contributed by atoms with Gasteiger partial charge in [-0.2, -0.15) is 16.9 Å². The van der Waals surface area contributed by atoms with Crippen molar-refractivity contribution in [2.75, 3.05) is 19.3 Å². The second-order valence-corrected chi connectivity index (χ2v) is 6.61. The molecular weight excluding hydrogens is 337 g/mol. The molecule has 7 heteroatoms. The summed E-state index contributed by atoms with van der Waals surface area (Å²) in [5, 5.41) is 10.8. The Morgan fingerprint density at radius 3 is 2.84 bits per heavy atom. The van der Waals surface area contributed by atoms with Gasteiger partial charge in [-0.3, -0.25) is 4.68 Å². The van der Waals surface area contributed by atoms with Crippen molar-refractivity contribution in [3.8, 4) is 0 Å². The number of guanidine groups is 1. The molecule has 0 fully saturated rings. The van der Waals surface area contributed by atoms with E-state index < -0.39 is 0 Å². The number of nitrogens with one attached hydrogen (secondary N) is 2. The highest BCUT2D eigenvalue weighted by molar-refractivity contribution is 7.97. The van der Waals surface area contributed by atoms with Crippen LogP contribution in [0.4, 0.5) is 4.39 Å². The summed E-state index contributed by atoms with van der Waals surface area (Å²) in [4.78, 5) is 4.63. The van der Waals surface area contributed by atoms with Gasteiger partial charge in [0.05, 0.1) is 12.7 Å². The van der Waals surface area contributed by atoms with Gasteiger partial charge in [0.25, 0.3) is 0 Å². The van der Waals surface area contributed by atoms with Crippen molar-refractivity contribution in [2.45, 2.75) is 25.6 Å². The molecule has 25 heavy (non-hydrogen) atoms. The Labute approximate surface area is 153 Å². The Bertz CT molecular complexity index is 699. The maximum Gasteiger partial charge on any atom is 0.191 e. The largest absolute Gasteiger partial charge is 0.357 e. The molecule has 0 spiro atoms. The maximum absolute atomic E-state index is 13.4. The van der Waals surface area contributed by atoms with Crippen molar-refractivity contribution in [1.29, 1.82) is 0 Å². The van der Waals surface area contributed by atoms with E-state index in [4.69, 9.17) is 0 Å². The summed E-state index contributed by atoms with van der Waals surface area (Å²) in [5.74, 6) is 1.36. The number of aromatic nitrogens is 2. The molecule has 2 rings (SSSR count). The van der Waals surface area contributed by atoms with Crippen LogP contribution in [0.1, 0.15) is 23.6 Å². The van der Waals surface area contributed by atoms with Gasteiger partial charge in [0.1, 0.15) is 5.82 Å². The minimum atomic E-state index is -0.196. The molecule has 5 nitrogen and oxygen atoms in total. The van der Waals surface area contributed by atoms with Gasteiger partial charge < -0.3 is 10.6 Å². The molecule has 0 unspecified atom stereocenters. The van der Waals surface area contributed by atoms with E-state index in [1.165, 1.54) is 11.6 Å². The molecule has 0 saturated carbocycles. The molecule has 1 heterocycles. The Morgan fingerprint density at radius 2 is 2.16 bits per heavy atom. The first-order valence-electron chi connectivity index (χ1n) is 8.38. The predicted octanol–water partition coefficient (Wildman–Crippen LogP) is 2.72. The summed E-state index contributed by atoms with van der Waals surface area (Å²) < 4.78 is 15.2. The second kappa shape index (κ2) is 10.1. The number of rotatable bonds is 8. The average Bonchev–Trinajstić information content (AvgIpc) is 2.99. The first-order valence-corrected chi connectivity index (χ1v) is 9.77. The quantitative estimate of drug-likeness (QED) is 0.559. The monoisotopic (exact) mass is 363 g/mol. The smallest absolute Gasteiger partial charge is 0.191 e. The van der Waals surface area contributed by atoms with Gasteiger partial charge >= 0.3 is 0 Å². The van der Waals surface area contributed by atoms with Crippen LogP contribution in [0.25, 0.3) is 0 Å². The van der Waals surface area contributed by atoms with Crippen molar-refractivity contribution in [2.24, 2.45) is 12.0 Å². The second-order valence-electron chi connectivity index (χ2n) is 5.74. The molecule has 0 aliphatic rings. The Balaban J connectivity index is 1.96. The number of aryl methyl sites for hydroxylation is 1. The van der Waals surface area contributed by atoms with Gasteiger partial charge in [-0.1, -0.05) is 6.07 Å². The molecular formula is C18H26FN5S. The molecule has 0 aliphatic heterocycles. The molecule has 2 aromatic rings. The molecule has 0 aliphatic carbocycles. The van der Waals surface area contributed by atoms with Crippen LogP contribution in [-0.4, -0.2) is 35.1 Å². The van der Waals surface area contributed by atoms with E-state index in [9.17, 15) is 4.39 Å². The molecule has 2 N–H and O–H groups in total. The molecule has 1 aromatic heterocycles. The predicted molar refractivity (Wildman–Crippen MR) is 103 cm³/mol. The Kier molecular flexibility index (Phi) is 7.78. The maximum atomic E-state index is 13.4. The molecule has 1 aromatic carbocycles. The van der Waals surface area contributed by atoms with Crippen molar-refractivity contribution >= 4 is 17.7 Å². The lowest BCUT2D eigenvalue weighted by molar-refractivity contribution is 0.625. The number of nitrogens with zero attached hydrogens (tertiary/aromatic N) is 3. The zero-order valence-corrected chi connectivity index (χ0v) is 15.9. The first-order chi connectivity index (χ1) is 12.1. The van der Waals surface area contributed by atoms with Crippen molar-refractivity contribution in [3.05, 3.63) is 53.1 Å². The van der Waals surface area contributed by atoms with Crippen molar-refractivity contribution in [3.63, 3.8) is 0 Å². The average molecular weight is 364 g/mol. The zero-order chi connectivity index (χ0) is 18.1. The highest BCUT2D eigenvalue weighted by Gasteiger charge is 2.05. The van der Waals surface area contributed by atoms with Crippen LogP contribution in [-0.2, 0) is 25.8 Å². The number of aliphatic imine (C=N–C) groups is 1. The topological polar surface area (TPSA) is 54.2 Å². The minimum absolute atomic E-state index is 0.196. The molecule has 136 valence electrons. The van der Waals surface area contributed by atoms with Crippen LogP contribution >= 0.6 is 11.8 Å². The lowest BCUT2D eigenvalue weighted by atomic mass is 10.1. The van der Waals surface area contributed by atoms with Gasteiger partial charge in [0.15, 0.2) is 5.96 Å². The third-order valence-electron chi connectivity index (χ3n) is 3.68. The van der Waals surface area contributed by atoms with E-state index >= 15 is 0 Å². The number of benzene rings is 1. The lowest BCUT2D eigenvalue weighted by Gasteiger charge is -2.12. The normalized spacial score (nSPS) is 11.6. The van der Waals surface area contributed by atoms with E-state index in [1.54, 1.807) is 22.5 Å². The summed E-state index contributed by atoms with van der Waals surface area (Å²) in [7, 11) is 1.91. The third-order valence-corrected chi connectivity index (χ3v) is 4.28. The number of thioether (sulfide) groups is 1. The van der Waals surface area contributed by atoms with Gasteiger partial charge in [-0.15, -0.1) is 0 Å². The van der Waals surface area contributed by atoms with Crippen molar-refractivity contribution in [1.82, 2.24) is 20.4 Å². The molecule has 0 radical (unpaired) electrons. The van der Waals surface area contributed by atoms with Crippen LogP contribution < -0.4 is 10.6 Å². The SMILES string of the molecule is CCNC(=NCc1ccc(F)cc1CSC)NCCc1cnn(C)c1. The highest BCUT2D eigenvalue weighted by atomic mass is 32.2. The fraction of sp³-hybridized carbons (Fsp3) is 0.444. The molecule has 0 saturated heterocycles. The first kappa shape index (κ1) is 19.3. The summed E-state index contributed by atoms with van der Waals surface area (Å²) in [6.45, 7) is 4.13. The van der Waals surface area contributed by atoms with E-state index in [0.717, 1.165) is 42.3 Å². The van der Waals surface area contributed by atoms with Crippen molar-refractivity contribution < 1.29 is 4.39 Å². The zero-order valence-electron chi connectivity index (χ0n) is 15.1. The molecule has 0 bridgehead atoms. The summed E-state index contributed by atoms with van der Waals surface area (Å²) in [6.07, 6.45) is 6.78. The number of hydrogen-bond acceptors (Lipinski definition) is 3. The van der Waals surface area contributed by atoms with E-state index in [-0.39, 0.29) is 5.82 Å². The van der Waals surface area contributed by atoms with E-state index in [2.05, 4.69) is 20.7 Å². The summed E-state index contributed by atoms with van der Waals surface area (Å²) in [5.41, 5.74) is 3.24. The van der Waals surface area contributed by atoms with Crippen LogP contribution in [0.15, 0.2) is 35.6 Å². The molecule has 0 atom stereocenters. The lowest BCUT2D eigenvalue weighted by Crippen LogP contribution is -2.38.